The lowest BCUT2D eigenvalue weighted by Gasteiger charge is -2.37. The Labute approximate surface area is 154 Å². The van der Waals surface area contributed by atoms with E-state index in [0.29, 0.717) is 5.69 Å². The third-order valence-corrected chi connectivity index (χ3v) is 5.90. The second kappa shape index (κ2) is 6.86. The van der Waals surface area contributed by atoms with Crippen molar-refractivity contribution in [1.82, 2.24) is 4.90 Å². The highest BCUT2D eigenvalue weighted by Crippen LogP contribution is 2.37. The van der Waals surface area contributed by atoms with E-state index in [-0.39, 0.29) is 36.1 Å². The van der Waals surface area contributed by atoms with Gasteiger partial charge in [-0.2, -0.15) is 0 Å². The molecule has 1 aliphatic heterocycles. The number of aryl methyl sites for hydroxylation is 1. The Kier molecular flexibility index (Phi) is 4.55. The molecule has 3 aliphatic rings. The van der Waals surface area contributed by atoms with Crippen molar-refractivity contribution >= 4 is 23.4 Å². The topological polar surface area (TPSA) is 57.7 Å². The molecular formula is C21H26N2O3. The molecule has 1 atom stereocenters. The Hall–Kier alpha value is -2.17. The van der Waals surface area contributed by atoms with E-state index in [1.807, 2.05) is 24.0 Å². The molecule has 5 heteroatoms. The molecule has 5 nitrogen and oxygen atoms in total. The second-order valence-electron chi connectivity index (χ2n) is 7.93. The summed E-state index contributed by atoms with van der Waals surface area (Å²) in [6.07, 6.45) is 7.21. The van der Waals surface area contributed by atoms with E-state index in [1.54, 1.807) is 12.1 Å². The summed E-state index contributed by atoms with van der Waals surface area (Å²) < 4.78 is 0. The summed E-state index contributed by atoms with van der Waals surface area (Å²) in [7, 11) is 0. The number of rotatable bonds is 4. The van der Waals surface area contributed by atoms with Crippen LogP contribution in [0.2, 0.25) is 0 Å². The Morgan fingerprint density at radius 3 is 2.27 bits per heavy atom. The minimum atomic E-state index is -0.625. The number of carbonyl (C=O) groups excluding carboxylic acids is 3. The lowest BCUT2D eigenvalue weighted by atomic mass is 9.92. The van der Waals surface area contributed by atoms with E-state index >= 15 is 0 Å². The molecule has 2 saturated carbocycles. The number of hydrogen-bond acceptors (Lipinski definition) is 3. The monoisotopic (exact) mass is 354 g/mol. The van der Waals surface area contributed by atoms with Crippen LogP contribution in [0.5, 0.6) is 0 Å². The third-order valence-electron chi connectivity index (χ3n) is 5.90. The minimum absolute atomic E-state index is 0.0632. The molecule has 0 radical (unpaired) electrons. The van der Waals surface area contributed by atoms with Gasteiger partial charge in [-0.05, 0) is 44.7 Å². The van der Waals surface area contributed by atoms with Gasteiger partial charge in [-0.15, -0.1) is 0 Å². The standard InChI is InChI=1S/C21H26N2O3/c1-14-7-11-17(12-8-14)23-19(24)13-18(21(23)26)22(20(25)15-9-10-15)16-5-3-2-4-6-16/h7-8,11-12,15-16,18H,2-6,9-10,13H2,1H3. The number of benzene rings is 1. The first-order chi connectivity index (χ1) is 12.6. The van der Waals surface area contributed by atoms with Crippen LogP contribution in [0.3, 0.4) is 0 Å². The largest absolute Gasteiger partial charge is 0.327 e. The molecule has 1 heterocycles. The summed E-state index contributed by atoms with van der Waals surface area (Å²) in [6, 6.07) is 6.90. The smallest absolute Gasteiger partial charge is 0.257 e. The number of hydrogen-bond donors (Lipinski definition) is 0. The van der Waals surface area contributed by atoms with Gasteiger partial charge in [0.15, 0.2) is 0 Å². The molecule has 2 aliphatic carbocycles. The van der Waals surface area contributed by atoms with Gasteiger partial charge in [-0.25, -0.2) is 4.90 Å². The summed E-state index contributed by atoms with van der Waals surface area (Å²) in [6.45, 7) is 1.97. The van der Waals surface area contributed by atoms with Gasteiger partial charge in [0.1, 0.15) is 6.04 Å². The lowest BCUT2D eigenvalue weighted by Crippen LogP contribution is -2.52. The molecule has 1 aromatic rings. The summed E-state index contributed by atoms with van der Waals surface area (Å²) >= 11 is 0. The summed E-state index contributed by atoms with van der Waals surface area (Å²) in [5.41, 5.74) is 1.69. The van der Waals surface area contributed by atoms with E-state index in [1.165, 1.54) is 11.3 Å². The predicted octanol–water partition coefficient (Wildman–Crippen LogP) is 3.20. The van der Waals surface area contributed by atoms with Crippen LogP contribution in [0.4, 0.5) is 5.69 Å². The van der Waals surface area contributed by atoms with Gasteiger partial charge in [0.2, 0.25) is 11.8 Å². The average Bonchev–Trinajstić information content (AvgIpc) is 3.45. The van der Waals surface area contributed by atoms with Crippen molar-refractivity contribution in [3.8, 4) is 0 Å². The molecule has 4 rings (SSSR count). The number of anilines is 1. The van der Waals surface area contributed by atoms with Crippen molar-refractivity contribution in [2.24, 2.45) is 5.92 Å². The number of carbonyl (C=O) groups is 3. The van der Waals surface area contributed by atoms with Crippen LogP contribution in [-0.4, -0.2) is 34.7 Å². The van der Waals surface area contributed by atoms with Gasteiger partial charge in [-0.3, -0.25) is 14.4 Å². The molecule has 0 spiro atoms. The van der Waals surface area contributed by atoms with Crippen LogP contribution in [0.25, 0.3) is 0 Å². The number of amides is 3. The maximum Gasteiger partial charge on any atom is 0.257 e. The highest BCUT2D eigenvalue weighted by Gasteiger charge is 2.48. The minimum Gasteiger partial charge on any atom is -0.327 e. The zero-order valence-corrected chi connectivity index (χ0v) is 15.3. The van der Waals surface area contributed by atoms with Crippen molar-refractivity contribution in [1.29, 1.82) is 0 Å². The van der Waals surface area contributed by atoms with Gasteiger partial charge >= 0.3 is 0 Å². The van der Waals surface area contributed by atoms with E-state index in [4.69, 9.17) is 0 Å². The first-order valence-electron chi connectivity index (χ1n) is 9.82. The molecule has 1 saturated heterocycles. The molecule has 3 fully saturated rings. The Morgan fingerprint density at radius 2 is 1.65 bits per heavy atom. The molecule has 1 aromatic carbocycles. The molecule has 0 N–H and O–H groups in total. The first kappa shape index (κ1) is 17.3. The van der Waals surface area contributed by atoms with Crippen molar-refractivity contribution in [2.75, 3.05) is 4.90 Å². The molecular weight excluding hydrogens is 328 g/mol. The van der Waals surface area contributed by atoms with Crippen molar-refractivity contribution in [3.05, 3.63) is 29.8 Å². The van der Waals surface area contributed by atoms with Crippen LogP contribution in [0, 0.1) is 12.8 Å². The molecule has 0 bridgehead atoms. The van der Waals surface area contributed by atoms with Gasteiger partial charge in [0, 0.05) is 12.0 Å². The Morgan fingerprint density at radius 1 is 1.00 bits per heavy atom. The van der Waals surface area contributed by atoms with Crippen molar-refractivity contribution in [3.63, 3.8) is 0 Å². The van der Waals surface area contributed by atoms with Crippen molar-refractivity contribution in [2.45, 2.75) is 70.4 Å². The van der Waals surface area contributed by atoms with Gasteiger partial charge in [0.25, 0.3) is 5.91 Å². The van der Waals surface area contributed by atoms with Crippen LogP contribution < -0.4 is 4.90 Å². The Balaban J connectivity index is 1.61. The number of imide groups is 1. The third kappa shape index (κ3) is 3.15. The lowest BCUT2D eigenvalue weighted by molar-refractivity contribution is -0.143. The molecule has 138 valence electrons. The summed E-state index contributed by atoms with van der Waals surface area (Å²) in [5.74, 6) is -0.284. The molecule has 1 unspecified atom stereocenters. The van der Waals surface area contributed by atoms with E-state index in [9.17, 15) is 14.4 Å². The fourth-order valence-corrected chi connectivity index (χ4v) is 4.29. The number of nitrogens with zero attached hydrogens (tertiary/aromatic N) is 2. The van der Waals surface area contributed by atoms with Crippen LogP contribution in [0.15, 0.2) is 24.3 Å². The van der Waals surface area contributed by atoms with E-state index < -0.39 is 6.04 Å². The van der Waals surface area contributed by atoms with Crippen LogP contribution in [-0.2, 0) is 14.4 Å². The van der Waals surface area contributed by atoms with Gasteiger partial charge < -0.3 is 4.90 Å². The quantitative estimate of drug-likeness (QED) is 0.780. The first-order valence-corrected chi connectivity index (χ1v) is 9.82. The second-order valence-corrected chi connectivity index (χ2v) is 7.93. The fraction of sp³-hybridized carbons (Fsp3) is 0.571. The highest BCUT2D eigenvalue weighted by molar-refractivity contribution is 6.23. The van der Waals surface area contributed by atoms with Crippen LogP contribution in [0.1, 0.15) is 56.9 Å². The fourth-order valence-electron chi connectivity index (χ4n) is 4.29. The molecule has 26 heavy (non-hydrogen) atoms. The molecule has 3 amide bonds. The van der Waals surface area contributed by atoms with Gasteiger partial charge in [-0.1, -0.05) is 37.0 Å². The summed E-state index contributed by atoms with van der Waals surface area (Å²) in [4.78, 5) is 41.9. The highest BCUT2D eigenvalue weighted by atomic mass is 16.2. The predicted molar refractivity (Wildman–Crippen MR) is 98.5 cm³/mol. The van der Waals surface area contributed by atoms with Gasteiger partial charge in [0.05, 0.1) is 12.1 Å². The maximum atomic E-state index is 13.1. The Bertz CT molecular complexity index is 717. The van der Waals surface area contributed by atoms with E-state index in [2.05, 4.69) is 0 Å². The SMILES string of the molecule is Cc1ccc(N2C(=O)CC(N(C(=O)C3CC3)C3CCCCC3)C2=O)cc1. The zero-order chi connectivity index (χ0) is 18.3. The van der Waals surface area contributed by atoms with Crippen molar-refractivity contribution < 1.29 is 14.4 Å². The molecule has 0 aromatic heterocycles. The van der Waals surface area contributed by atoms with Crippen LogP contribution >= 0.6 is 0 Å². The maximum absolute atomic E-state index is 13.1. The normalized spacial score (nSPS) is 24.2. The van der Waals surface area contributed by atoms with E-state index in [0.717, 1.165) is 44.1 Å². The average molecular weight is 354 g/mol. The summed E-state index contributed by atoms with van der Waals surface area (Å²) in [5, 5.41) is 0. The zero-order valence-electron chi connectivity index (χ0n) is 15.3.